The molecule has 12 heteroatoms. The van der Waals surface area contributed by atoms with E-state index >= 15 is 0 Å². The van der Waals surface area contributed by atoms with Crippen molar-refractivity contribution in [1.82, 2.24) is 0 Å². The first kappa shape index (κ1) is 55.3. The summed E-state index contributed by atoms with van der Waals surface area (Å²) in [5, 5.41) is 0. The average molecular weight is 837 g/mol. The van der Waals surface area contributed by atoms with Gasteiger partial charge in [0.1, 0.15) is 13.1 Å². The van der Waals surface area contributed by atoms with Gasteiger partial charge in [-0.15, -0.1) is 0 Å². The number of rotatable bonds is 33. The molecular formula is C37H76Br2N2O8. The van der Waals surface area contributed by atoms with Gasteiger partial charge in [-0.1, -0.05) is 72.1 Å². The van der Waals surface area contributed by atoms with Gasteiger partial charge in [0.25, 0.3) is 0 Å². The van der Waals surface area contributed by atoms with Gasteiger partial charge in [0, 0.05) is 25.2 Å². The molecule has 0 aliphatic rings. The third kappa shape index (κ3) is 37.1. The molecule has 49 heavy (non-hydrogen) atoms. The molecule has 0 aliphatic carbocycles. The molecule has 0 aromatic carbocycles. The summed E-state index contributed by atoms with van der Waals surface area (Å²) in [5.41, 5.74) is -0.189. The quantitative estimate of drug-likeness (QED) is 0.0531. The number of hydrogen-bond donors (Lipinski definition) is 0. The first-order valence-electron chi connectivity index (χ1n) is 18.6. The molecule has 10 nitrogen and oxygen atoms in total. The van der Waals surface area contributed by atoms with Gasteiger partial charge in [-0.05, 0) is 39.0 Å². The minimum atomic E-state index is -0.189. The van der Waals surface area contributed by atoms with Crippen molar-refractivity contribution >= 4 is 12.1 Å². The van der Waals surface area contributed by atoms with E-state index in [4.69, 9.17) is 33.3 Å². The molecule has 0 aliphatic heterocycles. The zero-order valence-corrected chi connectivity index (χ0v) is 36.0. The van der Waals surface area contributed by atoms with Crippen LogP contribution in [0.4, 0.5) is 0 Å². The summed E-state index contributed by atoms with van der Waals surface area (Å²) in [6, 6.07) is 0. The van der Waals surface area contributed by atoms with Crippen molar-refractivity contribution in [2.75, 3.05) is 114 Å². The fraction of sp³-hybridized carbons (Fsp3) is 0.946. The van der Waals surface area contributed by atoms with Crippen molar-refractivity contribution in [3.8, 4) is 0 Å². The van der Waals surface area contributed by atoms with E-state index in [1.165, 1.54) is 44.9 Å². The maximum atomic E-state index is 12.1. The van der Waals surface area contributed by atoms with Crippen LogP contribution in [0.5, 0.6) is 0 Å². The lowest BCUT2D eigenvalue weighted by atomic mass is 9.84. The number of unbranched alkanes of at least 4 members (excludes halogenated alkanes) is 8. The van der Waals surface area contributed by atoms with E-state index in [-0.39, 0.29) is 51.5 Å². The van der Waals surface area contributed by atoms with Crippen LogP contribution in [0.25, 0.3) is 0 Å². The Labute approximate surface area is 322 Å². The lowest BCUT2D eigenvalue weighted by Gasteiger charge is -2.35. The van der Waals surface area contributed by atoms with Crippen LogP contribution < -0.4 is 34.0 Å². The summed E-state index contributed by atoms with van der Waals surface area (Å²) in [6.07, 6.45) is 15.6. The molecule has 0 unspecified atom stereocenters. The summed E-state index contributed by atoms with van der Waals surface area (Å²) < 4.78 is 31.7. The Hall–Kier alpha value is -0.430. The number of quaternary nitrogens is 2. The predicted molar refractivity (Wildman–Crippen MR) is 188 cm³/mol. The normalized spacial score (nSPS) is 12.5. The third-order valence-corrected chi connectivity index (χ3v) is 8.38. The van der Waals surface area contributed by atoms with E-state index in [0.717, 1.165) is 89.1 Å². The SMILES string of the molecule is CCCCCCCCOC[C@@](CCCCCOCCCC)(COCC[N+](C)(C)CCC)COCC[N+](C)(C)CC(=O)OCC.O=C=O.[Br-].[Br-]. The van der Waals surface area contributed by atoms with Crippen molar-refractivity contribution in [2.24, 2.45) is 5.41 Å². The molecule has 1 atom stereocenters. The minimum absolute atomic E-state index is 0. The van der Waals surface area contributed by atoms with Crippen molar-refractivity contribution in [1.29, 1.82) is 0 Å². The van der Waals surface area contributed by atoms with E-state index in [1.54, 1.807) is 0 Å². The number of ether oxygens (including phenoxy) is 5. The van der Waals surface area contributed by atoms with E-state index in [0.29, 0.717) is 44.1 Å². The first-order valence-corrected chi connectivity index (χ1v) is 18.6. The van der Waals surface area contributed by atoms with Gasteiger partial charge in [-0.2, -0.15) is 9.59 Å². The molecule has 0 saturated carbocycles. The Morgan fingerprint density at radius 3 is 1.53 bits per heavy atom. The molecule has 0 rings (SSSR count). The van der Waals surface area contributed by atoms with Gasteiger partial charge in [0.05, 0.1) is 74.4 Å². The Kier molecular flexibility index (Phi) is 42.2. The van der Waals surface area contributed by atoms with E-state index in [9.17, 15) is 4.79 Å². The summed E-state index contributed by atoms with van der Waals surface area (Å²) in [4.78, 5) is 28.3. The Balaban J connectivity index is -0.00000194. The van der Waals surface area contributed by atoms with Crippen LogP contribution in [0, 0.1) is 5.41 Å². The Morgan fingerprint density at radius 1 is 0.551 bits per heavy atom. The highest BCUT2D eigenvalue weighted by Gasteiger charge is 2.32. The van der Waals surface area contributed by atoms with Gasteiger partial charge < -0.3 is 66.6 Å². The topological polar surface area (TPSA) is 97.4 Å². The summed E-state index contributed by atoms with van der Waals surface area (Å²) in [5.74, 6) is -0.161. The molecule has 0 amide bonds. The zero-order valence-electron chi connectivity index (χ0n) is 32.8. The van der Waals surface area contributed by atoms with Gasteiger partial charge in [0.15, 0.2) is 6.54 Å². The molecule has 0 saturated heterocycles. The van der Waals surface area contributed by atoms with Crippen LogP contribution in [-0.2, 0) is 38.1 Å². The third-order valence-electron chi connectivity index (χ3n) is 8.38. The molecule has 0 radical (unpaired) electrons. The van der Waals surface area contributed by atoms with E-state index < -0.39 is 0 Å². The molecule has 296 valence electrons. The average Bonchev–Trinajstić information content (AvgIpc) is 3.00. The van der Waals surface area contributed by atoms with Crippen molar-refractivity contribution in [3.05, 3.63) is 0 Å². The number of carbonyl (C=O) groups is 1. The molecule has 0 N–H and O–H groups in total. The number of hydrogen-bond acceptors (Lipinski definition) is 8. The molecule has 0 fully saturated rings. The van der Waals surface area contributed by atoms with Crippen LogP contribution in [0.2, 0.25) is 0 Å². The predicted octanol–water partition coefficient (Wildman–Crippen LogP) is 0.311. The summed E-state index contributed by atoms with van der Waals surface area (Å²) in [7, 11) is 8.68. The second kappa shape index (κ2) is 37.3. The van der Waals surface area contributed by atoms with Crippen LogP contribution in [0.15, 0.2) is 0 Å². The molecule has 0 aromatic heterocycles. The minimum Gasteiger partial charge on any atom is -1.00 e. The number of nitrogens with zero attached hydrogens (tertiary/aromatic N) is 2. The molecule has 0 aromatic rings. The van der Waals surface area contributed by atoms with Crippen molar-refractivity contribution in [3.63, 3.8) is 0 Å². The second-order valence-electron chi connectivity index (χ2n) is 14.3. The Bertz CT molecular complexity index is 734. The fourth-order valence-electron chi connectivity index (χ4n) is 5.40. The number of halogens is 2. The Morgan fingerprint density at radius 2 is 1.00 bits per heavy atom. The maximum absolute atomic E-state index is 12.1. The fourth-order valence-corrected chi connectivity index (χ4v) is 5.40. The smallest absolute Gasteiger partial charge is 0.373 e. The lowest BCUT2D eigenvalue weighted by molar-refractivity contribution is -0.890. The molecular weight excluding hydrogens is 760 g/mol. The highest BCUT2D eigenvalue weighted by Crippen LogP contribution is 2.28. The van der Waals surface area contributed by atoms with Crippen molar-refractivity contribution in [2.45, 2.75) is 111 Å². The largest absolute Gasteiger partial charge is 1.00 e. The highest BCUT2D eigenvalue weighted by molar-refractivity contribution is 5.70. The van der Waals surface area contributed by atoms with Gasteiger partial charge in [-0.3, -0.25) is 0 Å². The van der Waals surface area contributed by atoms with Gasteiger partial charge in [-0.25, -0.2) is 4.79 Å². The number of esters is 1. The van der Waals surface area contributed by atoms with Crippen LogP contribution in [0.1, 0.15) is 111 Å². The monoisotopic (exact) mass is 834 g/mol. The van der Waals surface area contributed by atoms with Crippen molar-refractivity contribution < 1.29 is 81.0 Å². The van der Waals surface area contributed by atoms with Gasteiger partial charge >= 0.3 is 12.1 Å². The highest BCUT2D eigenvalue weighted by atomic mass is 79.9. The first-order chi connectivity index (χ1) is 22.5. The number of likely N-dealkylation sites (N-methyl/N-ethyl adjacent to an activating group) is 2. The number of carbonyl (C=O) groups excluding carboxylic acids is 3. The van der Waals surface area contributed by atoms with E-state index in [2.05, 4.69) is 49.0 Å². The molecule has 0 heterocycles. The molecule has 0 spiro atoms. The van der Waals surface area contributed by atoms with E-state index in [1.807, 2.05) is 6.92 Å². The molecule has 0 bridgehead atoms. The van der Waals surface area contributed by atoms with Crippen LogP contribution in [-0.4, -0.2) is 135 Å². The van der Waals surface area contributed by atoms with Crippen LogP contribution in [0.3, 0.4) is 0 Å². The van der Waals surface area contributed by atoms with Crippen LogP contribution >= 0.6 is 0 Å². The second-order valence-corrected chi connectivity index (χ2v) is 14.3. The lowest BCUT2D eigenvalue weighted by Crippen LogP contribution is -3.00. The maximum Gasteiger partial charge on any atom is 0.373 e. The summed E-state index contributed by atoms with van der Waals surface area (Å²) >= 11 is 0. The summed E-state index contributed by atoms with van der Waals surface area (Å²) in [6.45, 7) is 17.9. The standard InChI is InChI=1S/C36H76N2O6.CO2.2BrH/c1-9-13-15-16-17-20-28-41-32-36(22-19-18-21-27-40-26-14-10-2,33-42-29-24-37(5,6)23-11-3)34-43-30-25-38(7,8)31-35(39)44-12-4;2-1-3;;/h9-34H2,1-8H3;;2*1H/q+2;;;/p-2/t36-;;;/m0.../s1. The zero-order chi connectivity index (χ0) is 35.7. The van der Waals surface area contributed by atoms with Gasteiger partial charge in [0.2, 0.25) is 0 Å².